The van der Waals surface area contributed by atoms with E-state index in [1.807, 2.05) is 19.1 Å². The van der Waals surface area contributed by atoms with Gasteiger partial charge in [0.2, 0.25) is 0 Å². The molecule has 0 bridgehead atoms. The maximum absolute atomic E-state index is 14.3. The summed E-state index contributed by atoms with van der Waals surface area (Å²) >= 11 is 12.4. The molecule has 0 saturated carbocycles. The first kappa shape index (κ1) is 14.4. The number of fused-ring (bicyclic) bond motifs is 1. The van der Waals surface area contributed by atoms with E-state index in [4.69, 9.17) is 23.2 Å². The molecule has 2 nitrogen and oxygen atoms in total. The number of hydrogen-bond acceptors (Lipinski definition) is 1. The van der Waals surface area contributed by atoms with E-state index in [9.17, 15) is 4.39 Å². The maximum Gasteiger partial charge on any atom is 0.147 e. The minimum atomic E-state index is -0.367. The van der Waals surface area contributed by atoms with Gasteiger partial charge >= 0.3 is 0 Å². The summed E-state index contributed by atoms with van der Waals surface area (Å²) in [5.74, 6) is 0.253. The zero-order valence-corrected chi connectivity index (χ0v) is 13.1. The summed E-state index contributed by atoms with van der Waals surface area (Å²) in [5, 5.41) is 0.159. The van der Waals surface area contributed by atoms with Gasteiger partial charge in [-0.25, -0.2) is 9.37 Å². The summed E-state index contributed by atoms with van der Waals surface area (Å²) in [7, 11) is 0. The lowest BCUT2D eigenvalue weighted by atomic mass is 10.2. The van der Waals surface area contributed by atoms with E-state index >= 15 is 0 Å². The molecule has 1 heterocycles. The number of alkyl halides is 1. The van der Waals surface area contributed by atoms with Crippen LogP contribution in [0.5, 0.6) is 0 Å². The first-order valence-corrected chi connectivity index (χ1v) is 7.38. The first-order valence-electron chi connectivity index (χ1n) is 6.56. The predicted molar refractivity (Wildman–Crippen MR) is 85.0 cm³/mol. The molecular weight excluding hydrogens is 310 g/mol. The van der Waals surface area contributed by atoms with Crippen molar-refractivity contribution in [2.24, 2.45) is 0 Å². The second-order valence-corrected chi connectivity index (χ2v) is 6.05. The minimum absolute atomic E-state index is 0.321. The molecule has 21 heavy (non-hydrogen) atoms. The van der Waals surface area contributed by atoms with Gasteiger partial charge in [-0.3, -0.25) is 4.57 Å². The summed E-state index contributed by atoms with van der Waals surface area (Å²) in [4.78, 5) is 4.49. The van der Waals surface area contributed by atoms with Gasteiger partial charge in [0.25, 0.3) is 0 Å². The number of aryl methyl sites for hydroxylation is 1. The van der Waals surface area contributed by atoms with E-state index in [-0.39, 0.29) is 11.2 Å². The Morgan fingerprint density at radius 3 is 2.71 bits per heavy atom. The molecule has 1 atom stereocenters. The highest BCUT2D eigenvalue weighted by molar-refractivity contribution is 6.35. The number of rotatable bonds is 2. The lowest BCUT2D eigenvalue weighted by Gasteiger charge is -2.12. The Morgan fingerprint density at radius 1 is 1.24 bits per heavy atom. The van der Waals surface area contributed by atoms with Crippen LogP contribution in [0.1, 0.15) is 23.7 Å². The zero-order valence-electron chi connectivity index (χ0n) is 11.6. The smallest absolute Gasteiger partial charge is 0.147 e. The summed E-state index contributed by atoms with van der Waals surface area (Å²) in [5.41, 5.74) is 2.77. The summed E-state index contributed by atoms with van der Waals surface area (Å²) in [6.07, 6.45) is 0. The normalized spacial score (nSPS) is 12.8. The van der Waals surface area contributed by atoms with Crippen LogP contribution in [-0.4, -0.2) is 9.55 Å². The van der Waals surface area contributed by atoms with E-state index in [1.54, 1.807) is 29.7 Å². The predicted octanol–water partition coefficient (Wildman–Crippen LogP) is 5.43. The monoisotopic (exact) mass is 322 g/mol. The number of benzene rings is 2. The molecule has 0 aliphatic heterocycles. The number of halogens is 3. The lowest BCUT2D eigenvalue weighted by molar-refractivity contribution is 0.616. The Balaban J connectivity index is 2.42. The van der Waals surface area contributed by atoms with E-state index in [1.165, 1.54) is 6.07 Å². The molecule has 0 N–H and O–H groups in total. The number of nitrogens with zero attached hydrogens (tertiary/aromatic N) is 2. The average Bonchev–Trinajstić information content (AvgIpc) is 2.82. The van der Waals surface area contributed by atoms with Gasteiger partial charge in [-0.2, -0.15) is 0 Å². The van der Waals surface area contributed by atoms with Crippen molar-refractivity contribution in [2.75, 3.05) is 0 Å². The Bertz CT molecular complexity index is 825. The third kappa shape index (κ3) is 2.41. The van der Waals surface area contributed by atoms with Crippen LogP contribution in [0.2, 0.25) is 5.02 Å². The van der Waals surface area contributed by atoms with Crippen LogP contribution in [0.3, 0.4) is 0 Å². The highest BCUT2D eigenvalue weighted by atomic mass is 35.5. The molecule has 3 aromatic rings. The number of hydrogen-bond donors (Lipinski definition) is 0. The Hall–Kier alpha value is -1.58. The van der Waals surface area contributed by atoms with Crippen molar-refractivity contribution in [2.45, 2.75) is 19.2 Å². The highest BCUT2D eigenvalue weighted by Gasteiger charge is 2.19. The minimum Gasteiger partial charge on any atom is -0.292 e. The molecule has 1 aromatic heterocycles. The van der Waals surface area contributed by atoms with Crippen LogP contribution in [0.4, 0.5) is 4.39 Å². The quantitative estimate of drug-likeness (QED) is 0.575. The van der Waals surface area contributed by atoms with Crippen LogP contribution in [0.25, 0.3) is 16.7 Å². The standard InChI is InChI=1S/C16H13Cl2FN2/c1-9-6-7-12(19)14(8-9)21-13-5-3-4-11(18)15(13)20-16(21)10(2)17/h3-8,10H,1-2H3. The molecule has 5 heteroatoms. The molecular formula is C16H13Cl2FN2. The molecule has 0 amide bonds. The summed E-state index contributed by atoms with van der Waals surface area (Å²) in [6.45, 7) is 3.72. The fourth-order valence-corrected chi connectivity index (χ4v) is 2.76. The number of para-hydroxylation sites is 1. The molecule has 0 aliphatic carbocycles. The summed E-state index contributed by atoms with van der Waals surface area (Å²) < 4.78 is 16.0. The Kier molecular flexibility index (Phi) is 3.64. The van der Waals surface area contributed by atoms with Gasteiger partial charge in [-0.05, 0) is 43.7 Å². The van der Waals surface area contributed by atoms with Gasteiger partial charge < -0.3 is 0 Å². The third-order valence-corrected chi connectivity index (χ3v) is 3.86. The van der Waals surface area contributed by atoms with Gasteiger partial charge in [-0.15, -0.1) is 11.6 Å². The Labute approximate surface area is 132 Å². The van der Waals surface area contributed by atoms with Crippen molar-refractivity contribution >= 4 is 34.2 Å². The molecule has 0 radical (unpaired) electrons. The number of imidazole rings is 1. The van der Waals surface area contributed by atoms with E-state index < -0.39 is 0 Å². The molecule has 108 valence electrons. The van der Waals surface area contributed by atoms with Crippen molar-refractivity contribution in [1.29, 1.82) is 0 Å². The third-order valence-electron chi connectivity index (χ3n) is 3.36. The van der Waals surface area contributed by atoms with Crippen LogP contribution >= 0.6 is 23.2 Å². The van der Waals surface area contributed by atoms with Crippen LogP contribution in [-0.2, 0) is 0 Å². The molecule has 0 aliphatic rings. The topological polar surface area (TPSA) is 17.8 Å². The Morgan fingerprint density at radius 2 is 2.00 bits per heavy atom. The van der Waals surface area contributed by atoms with Crippen LogP contribution in [0.15, 0.2) is 36.4 Å². The lowest BCUT2D eigenvalue weighted by Crippen LogP contribution is -2.04. The van der Waals surface area contributed by atoms with E-state index in [0.29, 0.717) is 22.1 Å². The SMILES string of the molecule is Cc1ccc(F)c(-n2c(C(C)Cl)nc3c(Cl)cccc32)c1. The van der Waals surface area contributed by atoms with Gasteiger partial charge in [0.05, 0.1) is 21.6 Å². The van der Waals surface area contributed by atoms with E-state index in [0.717, 1.165) is 11.1 Å². The first-order chi connectivity index (χ1) is 9.99. The van der Waals surface area contributed by atoms with Crippen molar-refractivity contribution in [3.63, 3.8) is 0 Å². The molecule has 0 spiro atoms. The fourth-order valence-electron chi connectivity index (χ4n) is 2.40. The van der Waals surface area contributed by atoms with Crippen molar-refractivity contribution in [3.05, 3.63) is 58.6 Å². The molecule has 0 fully saturated rings. The van der Waals surface area contributed by atoms with Gasteiger partial charge in [0.1, 0.15) is 17.2 Å². The van der Waals surface area contributed by atoms with Crippen molar-refractivity contribution < 1.29 is 4.39 Å². The average molecular weight is 323 g/mol. The molecule has 3 rings (SSSR count). The van der Waals surface area contributed by atoms with Gasteiger partial charge in [0, 0.05) is 0 Å². The largest absolute Gasteiger partial charge is 0.292 e. The summed E-state index contributed by atoms with van der Waals surface area (Å²) in [6, 6.07) is 10.4. The highest BCUT2D eigenvalue weighted by Crippen LogP contribution is 2.32. The van der Waals surface area contributed by atoms with Gasteiger partial charge in [0.15, 0.2) is 0 Å². The molecule has 0 saturated heterocycles. The van der Waals surface area contributed by atoms with Crippen LogP contribution < -0.4 is 0 Å². The molecule has 2 aromatic carbocycles. The second kappa shape index (κ2) is 5.32. The maximum atomic E-state index is 14.3. The zero-order chi connectivity index (χ0) is 15.1. The van der Waals surface area contributed by atoms with Crippen LogP contribution in [0, 0.1) is 12.7 Å². The second-order valence-electron chi connectivity index (χ2n) is 4.98. The molecule has 1 unspecified atom stereocenters. The van der Waals surface area contributed by atoms with Gasteiger partial charge in [-0.1, -0.05) is 23.7 Å². The van der Waals surface area contributed by atoms with Crippen molar-refractivity contribution in [3.8, 4) is 5.69 Å². The van der Waals surface area contributed by atoms with E-state index in [2.05, 4.69) is 4.98 Å². The van der Waals surface area contributed by atoms with Crippen molar-refractivity contribution in [1.82, 2.24) is 9.55 Å². The number of aromatic nitrogens is 2. The fraction of sp³-hybridized carbons (Fsp3) is 0.188.